The van der Waals surface area contributed by atoms with E-state index in [1.165, 1.54) is 127 Å². The van der Waals surface area contributed by atoms with Crippen LogP contribution in [0.3, 0.4) is 0 Å². The van der Waals surface area contributed by atoms with E-state index in [9.17, 15) is 4.39 Å². The largest absolute Gasteiger partial charge is 0.497 e. The Kier molecular flexibility index (Phi) is 51.2. The molecule has 0 aliphatic heterocycles. The Hall–Kier alpha value is -10.8. The zero-order chi connectivity index (χ0) is 79.6. The van der Waals surface area contributed by atoms with Gasteiger partial charge in [-0.05, 0) is 73.4 Å². The lowest BCUT2D eigenvalue weighted by Gasteiger charge is -2.14. The summed E-state index contributed by atoms with van der Waals surface area (Å²) >= 11 is 0. The molecule has 113 heavy (non-hydrogen) atoms. The summed E-state index contributed by atoms with van der Waals surface area (Å²) in [5.74, 6) is 0.746. The molecular formula is C103H133B7FNO-6. The van der Waals surface area contributed by atoms with Crippen molar-refractivity contribution in [2.45, 2.75) is 94.7 Å². The Bertz CT molecular complexity index is 4210. The molecule has 0 aliphatic carbocycles. The van der Waals surface area contributed by atoms with Gasteiger partial charge in [-0.15, -0.1) is 0 Å². The molecule has 0 N–H and O–H groups in total. The van der Waals surface area contributed by atoms with Gasteiger partial charge in [0, 0.05) is 36.4 Å². The summed E-state index contributed by atoms with van der Waals surface area (Å²) < 4.78 is 18.1. The molecule has 0 bridgehead atoms. The fourth-order valence-electron chi connectivity index (χ4n) is 12.9. The van der Waals surface area contributed by atoms with Gasteiger partial charge in [-0.1, -0.05) is 441 Å². The predicted octanol–water partition coefficient (Wildman–Crippen LogP) is 16.1. The Morgan fingerprint density at radius 3 is 0.681 bits per heavy atom. The molecule has 2 nitrogen and oxygen atoms in total. The van der Waals surface area contributed by atoms with E-state index in [2.05, 4.69) is 415 Å². The van der Waals surface area contributed by atoms with E-state index in [4.69, 9.17) is 4.74 Å². The van der Waals surface area contributed by atoms with E-state index in [0.717, 1.165) is 15.8 Å². The van der Waals surface area contributed by atoms with Gasteiger partial charge in [-0.2, -0.15) is 45.2 Å². The highest BCUT2D eigenvalue weighted by Gasteiger charge is 1.97. The fourth-order valence-corrected chi connectivity index (χ4v) is 12.9. The number of methoxy groups -OCH3 is 1. The van der Waals surface area contributed by atoms with Gasteiger partial charge in [0.2, 0.25) is 0 Å². The highest BCUT2D eigenvalue weighted by molar-refractivity contribution is 6.55. The number of rotatable bonds is 18. The number of nitrogens with zero attached hydrogens (tertiary/aromatic N) is 1. The number of hydrogen-bond acceptors (Lipinski definition) is 1. The molecule has 0 amide bonds. The minimum Gasteiger partial charge on any atom is -0.497 e. The molecule has 10 heteroatoms. The molecule has 14 aromatic carbocycles. The average molecular weight is 1500 g/mol. The van der Waals surface area contributed by atoms with Gasteiger partial charge in [0.1, 0.15) is 11.6 Å². The third-order valence-corrected chi connectivity index (χ3v) is 20.1. The smallest absolute Gasteiger partial charge is 0.123 e. The monoisotopic (exact) mass is 1500 g/mol. The van der Waals surface area contributed by atoms with Crippen molar-refractivity contribution in [1.82, 2.24) is 0 Å². The molecule has 0 saturated carbocycles. The van der Waals surface area contributed by atoms with Crippen LogP contribution in [0.15, 0.2) is 394 Å². The third-order valence-electron chi connectivity index (χ3n) is 20.1. The number of quaternary nitrogens is 1. The lowest BCUT2D eigenvalue weighted by atomic mass is 9.65. The van der Waals surface area contributed by atoms with Gasteiger partial charge in [0.25, 0.3) is 0 Å². The third kappa shape index (κ3) is 48.6. The van der Waals surface area contributed by atoms with Gasteiger partial charge in [0.05, 0.1) is 35.3 Å². The minimum absolute atomic E-state index is 0. The molecule has 0 unspecified atom stereocenters. The second-order valence-corrected chi connectivity index (χ2v) is 31.5. The van der Waals surface area contributed by atoms with Crippen molar-refractivity contribution in [3.63, 3.8) is 0 Å². The van der Waals surface area contributed by atoms with Gasteiger partial charge in [0.15, 0.2) is 0 Å². The van der Waals surface area contributed by atoms with Crippen LogP contribution in [0.2, 0.25) is 13.6 Å². The summed E-state index contributed by atoms with van der Waals surface area (Å²) in [7, 11) is 10.6. The van der Waals surface area contributed by atoms with Crippen molar-refractivity contribution >= 4 is 89.2 Å². The van der Waals surface area contributed by atoms with E-state index >= 15 is 0 Å². The predicted molar refractivity (Wildman–Crippen MR) is 525 cm³/mol. The second-order valence-electron chi connectivity index (χ2n) is 31.5. The topological polar surface area (TPSA) is 9.23 Å². The molecule has 0 spiro atoms. The standard InChI is InChI=1S/3C14H16B.2C13H14B.C8H10O.2C7H10B.C7H7F.C4H12N.2CH4/c1-12-7-5-6-8-13(12)11-15-14-9-3-2-4-10-14;2*1-12-7-9-13(10-8-12)11-15-14-5-3-2-4-6-14;2*1-3-7-12(8-4-1)11-14-13-9-5-2-6-10-13;1-7-3-5-8(9-2)6-4-7;2*1-8-7-5-3-2-4-6-7;1-6-2-4-7(8)5-3-6;1-5(2,3)4;;/h3*2-10H,11,15H2,1H3;2*1-10H,11,14H2;3-6H,1-2H3;2*2-6H,8H2,1H3;2-5H,1H3;1-4H3;2*1H4/q5*-1;;2*-1;;+1;;. The SMILES string of the molecule is C.C.COc1ccc(C)cc1.C[BH2-]c1ccccc1.C[BH2-]c1ccccc1.C[N+](C)(C)C.Cc1ccc(C[BH2-]c2ccccc2)cc1.Cc1ccc(C[BH2-]c2ccccc2)cc1.Cc1ccc(F)cc1.Cc1ccccc1C[BH2-]c1ccccc1.[BH2-](Cc1ccccc1)c1ccccc1.[BH2-](Cc1ccccc1)c1ccccc1. The van der Waals surface area contributed by atoms with Crippen molar-refractivity contribution in [3.8, 4) is 5.75 Å². The van der Waals surface area contributed by atoms with Crippen molar-refractivity contribution in [3.05, 3.63) is 456 Å². The maximum absolute atomic E-state index is 12.1. The van der Waals surface area contributed by atoms with Crippen LogP contribution in [-0.2, 0) is 31.6 Å². The molecule has 14 aromatic rings. The summed E-state index contributed by atoms with van der Waals surface area (Å²) in [4.78, 5) is 0. The normalized spacial score (nSPS) is 9.74. The highest BCUT2D eigenvalue weighted by Crippen LogP contribution is 2.11. The van der Waals surface area contributed by atoms with E-state index < -0.39 is 0 Å². The first-order chi connectivity index (χ1) is 53.9. The van der Waals surface area contributed by atoms with E-state index in [1.807, 2.05) is 31.2 Å². The second kappa shape index (κ2) is 60.0. The molecule has 0 aliphatic rings. The Labute approximate surface area is 689 Å². The number of hydrogen-bond donors (Lipinski definition) is 0. The quantitative estimate of drug-likeness (QED) is 0.0615. The first kappa shape index (κ1) is 96.4. The van der Waals surface area contributed by atoms with Crippen molar-refractivity contribution in [2.75, 3.05) is 35.3 Å². The molecule has 0 atom stereocenters. The zero-order valence-electron chi connectivity index (χ0n) is 70.8. The maximum Gasteiger partial charge on any atom is 0.123 e. The van der Waals surface area contributed by atoms with Gasteiger partial charge in [-0.3, -0.25) is 0 Å². The zero-order valence-corrected chi connectivity index (χ0v) is 70.8. The molecule has 0 radical (unpaired) electrons. The summed E-state index contributed by atoms with van der Waals surface area (Å²) in [6.07, 6.45) is 6.28. The Morgan fingerprint density at radius 2 is 0.451 bits per heavy atom. The fraction of sp³-hybridized carbons (Fsp3) is 0.184. The van der Waals surface area contributed by atoms with E-state index in [1.54, 1.807) is 24.7 Å². The Balaban J connectivity index is 0.000000329. The van der Waals surface area contributed by atoms with Crippen LogP contribution < -0.4 is 43.0 Å². The molecule has 0 saturated heterocycles. The van der Waals surface area contributed by atoms with Crippen molar-refractivity contribution in [1.29, 1.82) is 0 Å². The van der Waals surface area contributed by atoms with Crippen LogP contribution in [0.25, 0.3) is 0 Å². The summed E-state index contributed by atoms with van der Waals surface area (Å²) in [5.41, 5.74) is 24.6. The van der Waals surface area contributed by atoms with Crippen LogP contribution in [0.1, 0.15) is 70.5 Å². The van der Waals surface area contributed by atoms with Crippen molar-refractivity contribution in [2.24, 2.45) is 0 Å². The van der Waals surface area contributed by atoms with Crippen molar-refractivity contribution < 1.29 is 13.6 Å². The van der Waals surface area contributed by atoms with E-state index in [-0.39, 0.29) is 71.6 Å². The van der Waals surface area contributed by atoms with Crippen LogP contribution in [0.5, 0.6) is 5.75 Å². The molecule has 590 valence electrons. The first-order valence-corrected chi connectivity index (χ1v) is 42.2. The summed E-state index contributed by atoms with van der Waals surface area (Å²) in [6, 6.07) is 138. The number of aryl methyl sites for hydroxylation is 5. The average Bonchev–Trinajstić information content (AvgIpc) is 0.897. The molecule has 0 fully saturated rings. The number of benzene rings is 14. The molecule has 0 heterocycles. The summed E-state index contributed by atoms with van der Waals surface area (Å²) in [6.45, 7) is 15.0. The summed E-state index contributed by atoms with van der Waals surface area (Å²) in [5, 5.41) is 0. The van der Waals surface area contributed by atoms with Gasteiger partial charge < -0.3 is 9.22 Å². The first-order valence-electron chi connectivity index (χ1n) is 42.2. The van der Waals surface area contributed by atoms with Crippen LogP contribution >= 0.6 is 0 Å². The lowest BCUT2D eigenvalue weighted by Crippen LogP contribution is -2.27. The minimum atomic E-state index is -0.171. The number of halogens is 1. The molecule has 14 rings (SSSR count). The molecule has 0 aromatic heterocycles. The van der Waals surface area contributed by atoms with Gasteiger partial charge in [-0.25, -0.2) is 42.6 Å². The highest BCUT2D eigenvalue weighted by atomic mass is 19.1. The maximum atomic E-state index is 12.1. The lowest BCUT2D eigenvalue weighted by molar-refractivity contribution is -0.849. The number of ether oxygens (including phenoxy) is 1. The molecular weight excluding hydrogens is 1360 g/mol. The van der Waals surface area contributed by atoms with Crippen LogP contribution in [0.4, 0.5) is 4.39 Å². The van der Waals surface area contributed by atoms with Crippen LogP contribution in [-0.4, -0.2) is 90.7 Å². The van der Waals surface area contributed by atoms with Gasteiger partial charge >= 0.3 is 0 Å². The van der Waals surface area contributed by atoms with E-state index in [0.29, 0.717) is 0 Å². The van der Waals surface area contributed by atoms with Crippen LogP contribution in [0, 0.1) is 40.4 Å². The Morgan fingerprint density at radius 1 is 0.248 bits per heavy atom.